The average Bonchev–Trinajstić information content (AvgIpc) is 2.98. The van der Waals surface area contributed by atoms with Crippen molar-refractivity contribution in [1.82, 2.24) is 14.5 Å². The molecule has 1 N–H and O–H groups in total. The first-order chi connectivity index (χ1) is 12.1. The maximum Gasteiger partial charge on any atom is 0.228 e. The minimum absolute atomic E-state index is 0.0683. The molecule has 2 aromatic rings. The molecule has 1 fully saturated rings. The van der Waals surface area contributed by atoms with Gasteiger partial charge in [0.05, 0.1) is 16.9 Å². The van der Waals surface area contributed by atoms with Crippen LogP contribution in [0, 0.1) is 12.8 Å². The van der Waals surface area contributed by atoms with Gasteiger partial charge in [0.25, 0.3) is 0 Å². The first-order valence-corrected chi connectivity index (χ1v) is 9.47. The topological polar surface area (TPSA) is 59.8 Å². The number of rotatable bonds is 5. The lowest BCUT2D eigenvalue weighted by molar-refractivity contribution is -0.120. The summed E-state index contributed by atoms with van der Waals surface area (Å²) in [6.07, 6.45) is 9.88. The number of pyridine rings is 1. The quantitative estimate of drug-likeness (QED) is 0.830. The van der Waals surface area contributed by atoms with E-state index >= 15 is 0 Å². The van der Waals surface area contributed by atoms with E-state index < -0.39 is 0 Å². The number of aromatic nitrogens is 3. The molecule has 2 aromatic heterocycles. The summed E-state index contributed by atoms with van der Waals surface area (Å²) in [6.45, 7) is 5.00. The minimum Gasteiger partial charge on any atom is -0.328 e. The highest BCUT2D eigenvalue weighted by molar-refractivity contribution is 6.33. The first kappa shape index (κ1) is 17.9. The number of carbonyl (C=O) groups is 1. The Hall–Kier alpha value is -1.88. The zero-order valence-electron chi connectivity index (χ0n) is 14.9. The van der Waals surface area contributed by atoms with Crippen molar-refractivity contribution in [2.24, 2.45) is 5.92 Å². The SMILES string of the molecule is CCCn1c(-c2cc(NC(=O)C3CCCCC3)ncc2Cl)cnc1C. The number of hydrogen-bond donors (Lipinski definition) is 1. The van der Waals surface area contributed by atoms with Gasteiger partial charge in [0.15, 0.2) is 0 Å². The molecule has 0 radical (unpaired) electrons. The molecule has 0 atom stereocenters. The Balaban J connectivity index is 1.84. The van der Waals surface area contributed by atoms with Crippen LogP contribution in [0.2, 0.25) is 5.02 Å². The molecule has 3 rings (SSSR count). The van der Waals surface area contributed by atoms with E-state index in [0.717, 1.165) is 55.7 Å². The van der Waals surface area contributed by atoms with E-state index in [2.05, 4.69) is 26.8 Å². The van der Waals surface area contributed by atoms with E-state index in [1.54, 1.807) is 6.20 Å². The van der Waals surface area contributed by atoms with Gasteiger partial charge in [0.1, 0.15) is 11.6 Å². The number of nitrogens with one attached hydrogen (secondary N) is 1. The third kappa shape index (κ3) is 4.03. The van der Waals surface area contributed by atoms with E-state index in [9.17, 15) is 4.79 Å². The van der Waals surface area contributed by atoms with Gasteiger partial charge in [0.2, 0.25) is 5.91 Å². The van der Waals surface area contributed by atoms with Gasteiger partial charge in [-0.05, 0) is 32.3 Å². The van der Waals surface area contributed by atoms with E-state index in [1.807, 2.05) is 19.2 Å². The summed E-state index contributed by atoms with van der Waals surface area (Å²) in [6, 6.07) is 1.85. The molecule has 2 heterocycles. The number of anilines is 1. The summed E-state index contributed by atoms with van der Waals surface area (Å²) in [5.74, 6) is 1.68. The highest BCUT2D eigenvalue weighted by Gasteiger charge is 2.22. The van der Waals surface area contributed by atoms with Gasteiger partial charge >= 0.3 is 0 Å². The predicted molar refractivity (Wildman–Crippen MR) is 101 cm³/mol. The number of carbonyl (C=O) groups excluding carboxylic acids is 1. The monoisotopic (exact) mass is 360 g/mol. The van der Waals surface area contributed by atoms with Gasteiger partial charge in [-0.1, -0.05) is 37.8 Å². The second-order valence-corrected chi connectivity index (χ2v) is 7.12. The molecule has 1 aliphatic carbocycles. The molecule has 1 amide bonds. The van der Waals surface area contributed by atoms with E-state index in [-0.39, 0.29) is 11.8 Å². The number of amides is 1. The third-order valence-electron chi connectivity index (χ3n) is 4.86. The molecular formula is C19H25ClN4O. The Morgan fingerprint density at radius 1 is 1.28 bits per heavy atom. The largest absolute Gasteiger partial charge is 0.328 e. The Morgan fingerprint density at radius 3 is 2.76 bits per heavy atom. The second-order valence-electron chi connectivity index (χ2n) is 6.72. The van der Waals surface area contributed by atoms with Gasteiger partial charge < -0.3 is 9.88 Å². The fourth-order valence-corrected chi connectivity index (χ4v) is 3.69. The summed E-state index contributed by atoms with van der Waals surface area (Å²) >= 11 is 6.38. The number of nitrogens with zero attached hydrogens (tertiary/aromatic N) is 3. The van der Waals surface area contributed by atoms with Crippen molar-refractivity contribution in [3.8, 4) is 11.3 Å². The lowest BCUT2D eigenvalue weighted by atomic mass is 9.89. The Kier molecular flexibility index (Phi) is 5.74. The minimum atomic E-state index is 0.0683. The summed E-state index contributed by atoms with van der Waals surface area (Å²) in [5.41, 5.74) is 1.81. The number of aryl methyl sites for hydroxylation is 1. The average molecular weight is 361 g/mol. The van der Waals surface area contributed by atoms with Crippen molar-refractivity contribution in [2.75, 3.05) is 5.32 Å². The molecule has 134 valence electrons. The summed E-state index contributed by atoms with van der Waals surface area (Å²) in [7, 11) is 0. The molecule has 25 heavy (non-hydrogen) atoms. The molecular weight excluding hydrogens is 336 g/mol. The van der Waals surface area contributed by atoms with Gasteiger partial charge in [-0.25, -0.2) is 9.97 Å². The number of imidazole rings is 1. The van der Waals surface area contributed by atoms with Gasteiger partial charge in [-0.2, -0.15) is 0 Å². The molecule has 1 saturated carbocycles. The Bertz CT molecular complexity index is 750. The molecule has 0 aliphatic heterocycles. The lowest BCUT2D eigenvalue weighted by Gasteiger charge is -2.20. The predicted octanol–water partition coefficient (Wildman–Crippen LogP) is 4.84. The van der Waals surface area contributed by atoms with Crippen LogP contribution in [0.5, 0.6) is 0 Å². The number of halogens is 1. The van der Waals surface area contributed by atoms with Crippen LogP contribution in [0.15, 0.2) is 18.5 Å². The van der Waals surface area contributed by atoms with Crippen LogP contribution in [0.3, 0.4) is 0 Å². The van der Waals surface area contributed by atoms with Crippen LogP contribution in [0.25, 0.3) is 11.3 Å². The fraction of sp³-hybridized carbons (Fsp3) is 0.526. The second kappa shape index (κ2) is 8.00. The Labute approximate surface area is 153 Å². The molecule has 0 unspecified atom stereocenters. The highest BCUT2D eigenvalue weighted by Crippen LogP contribution is 2.31. The van der Waals surface area contributed by atoms with Crippen LogP contribution in [0.1, 0.15) is 51.3 Å². The van der Waals surface area contributed by atoms with E-state index in [1.165, 1.54) is 6.42 Å². The summed E-state index contributed by atoms with van der Waals surface area (Å²) in [5, 5.41) is 3.53. The molecule has 6 heteroatoms. The summed E-state index contributed by atoms with van der Waals surface area (Å²) < 4.78 is 2.15. The highest BCUT2D eigenvalue weighted by atomic mass is 35.5. The van der Waals surface area contributed by atoms with Gasteiger partial charge in [-0.15, -0.1) is 0 Å². The normalized spacial score (nSPS) is 15.3. The van der Waals surface area contributed by atoms with Crippen molar-refractivity contribution in [1.29, 1.82) is 0 Å². The molecule has 1 aliphatic rings. The van der Waals surface area contributed by atoms with Crippen LogP contribution in [-0.4, -0.2) is 20.4 Å². The van der Waals surface area contributed by atoms with Crippen LogP contribution >= 0.6 is 11.6 Å². The zero-order valence-corrected chi connectivity index (χ0v) is 15.6. The first-order valence-electron chi connectivity index (χ1n) is 9.09. The van der Waals surface area contributed by atoms with Crippen LogP contribution in [-0.2, 0) is 11.3 Å². The Morgan fingerprint density at radius 2 is 2.04 bits per heavy atom. The van der Waals surface area contributed by atoms with Crippen LogP contribution in [0.4, 0.5) is 5.82 Å². The van der Waals surface area contributed by atoms with Crippen molar-refractivity contribution in [3.05, 3.63) is 29.3 Å². The zero-order chi connectivity index (χ0) is 17.8. The van der Waals surface area contributed by atoms with Gasteiger partial charge in [-0.3, -0.25) is 4.79 Å². The third-order valence-corrected chi connectivity index (χ3v) is 5.16. The van der Waals surface area contributed by atoms with Gasteiger partial charge in [0, 0.05) is 24.2 Å². The molecule has 0 bridgehead atoms. The van der Waals surface area contributed by atoms with Crippen molar-refractivity contribution in [2.45, 2.75) is 58.9 Å². The lowest BCUT2D eigenvalue weighted by Crippen LogP contribution is -2.25. The molecule has 0 saturated heterocycles. The fourth-order valence-electron chi connectivity index (χ4n) is 3.49. The maximum atomic E-state index is 12.5. The molecule has 0 aromatic carbocycles. The van der Waals surface area contributed by atoms with Crippen molar-refractivity contribution in [3.63, 3.8) is 0 Å². The smallest absolute Gasteiger partial charge is 0.228 e. The standard InChI is InChI=1S/C19H25ClN4O/c1-3-9-24-13(2)21-12-17(24)15-10-18(22-11-16(15)20)23-19(25)14-7-5-4-6-8-14/h10-12,14H,3-9H2,1-2H3,(H,22,23,25). The molecule has 5 nitrogen and oxygen atoms in total. The van der Waals surface area contributed by atoms with Crippen LogP contribution < -0.4 is 5.32 Å². The van der Waals surface area contributed by atoms with E-state index in [0.29, 0.717) is 10.8 Å². The van der Waals surface area contributed by atoms with Crippen molar-refractivity contribution >= 4 is 23.3 Å². The number of hydrogen-bond acceptors (Lipinski definition) is 3. The maximum absolute atomic E-state index is 12.5. The van der Waals surface area contributed by atoms with Crippen molar-refractivity contribution < 1.29 is 4.79 Å². The summed E-state index contributed by atoms with van der Waals surface area (Å²) in [4.78, 5) is 21.2. The van der Waals surface area contributed by atoms with E-state index in [4.69, 9.17) is 11.6 Å². The molecule has 0 spiro atoms.